The summed E-state index contributed by atoms with van der Waals surface area (Å²) in [6.45, 7) is 3.19. The predicted octanol–water partition coefficient (Wildman–Crippen LogP) is 4.02. The van der Waals surface area contributed by atoms with Crippen LogP contribution < -0.4 is 0 Å². The molecule has 2 heterocycles. The lowest BCUT2D eigenvalue weighted by Gasteiger charge is -2.39. The van der Waals surface area contributed by atoms with Gasteiger partial charge < -0.3 is 9.88 Å². The van der Waals surface area contributed by atoms with Gasteiger partial charge in [0.25, 0.3) is 5.91 Å². The Balaban J connectivity index is 1.52. The average molecular weight is 402 g/mol. The van der Waals surface area contributed by atoms with Crippen molar-refractivity contribution in [3.8, 4) is 23.4 Å². The van der Waals surface area contributed by atoms with Crippen molar-refractivity contribution in [3.05, 3.63) is 75.7 Å². The van der Waals surface area contributed by atoms with E-state index in [0.29, 0.717) is 29.9 Å². The van der Waals surface area contributed by atoms with Crippen LogP contribution in [0.15, 0.2) is 42.5 Å². The number of benzene rings is 2. The van der Waals surface area contributed by atoms with Gasteiger partial charge in [-0.15, -0.1) is 0 Å². The largest absolute Gasteiger partial charge is 0.337 e. The molecule has 0 spiro atoms. The van der Waals surface area contributed by atoms with Gasteiger partial charge in [0.2, 0.25) is 5.82 Å². The lowest BCUT2D eigenvalue weighted by atomic mass is 9.90. The van der Waals surface area contributed by atoms with E-state index < -0.39 is 0 Å². The molecule has 4 rings (SSSR count). The summed E-state index contributed by atoms with van der Waals surface area (Å²) < 4.78 is 0. The van der Waals surface area contributed by atoms with Crippen molar-refractivity contribution in [2.24, 2.45) is 0 Å². The third-order valence-corrected chi connectivity index (χ3v) is 5.47. The Bertz CT molecular complexity index is 1180. The minimum Gasteiger partial charge on any atom is -0.337 e. The molecule has 0 radical (unpaired) electrons. The highest BCUT2D eigenvalue weighted by Crippen LogP contribution is 2.32. The van der Waals surface area contributed by atoms with E-state index >= 15 is 0 Å². The van der Waals surface area contributed by atoms with Gasteiger partial charge in [-0.05, 0) is 42.3 Å². The highest BCUT2D eigenvalue weighted by Gasteiger charge is 2.32. The van der Waals surface area contributed by atoms with Gasteiger partial charge in [0.15, 0.2) is 5.15 Å². The predicted molar refractivity (Wildman–Crippen MR) is 108 cm³/mol. The van der Waals surface area contributed by atoms with Gasteiger partial charge in [-0.1, -0.05) is 29.8 Å². The molecule has 1 amide bonds. The summed E-state index contributed by atoms with van der Waals surface area (Å²) in [6, 6.07) is 17.0. The van der Waals surface area contributed by atoms with Crippen molar-refractivity contribution in [1.29, 1.82) is 10.5 Å². The quantitative estimate of drug-likeness (QED) is 0.716. The highest BCUT2D eigenvalue weighted by molar-refractivity contribution is 6.32. The first-order valence-corrected chi connectivity index (χ1v) is 9.44. The Kier molecular flexibility index (Phi) is 4.80. The number of carbonyl (C=O) groups excluding carboxylic acids is 1. The lowest BCUT2D eigenvalue weighted by molar-refractivity contribution is 0.0602. The smallest absolute Gasteiger partial charge is 0.253 e. The van der Waals surface area contributed by atoms with Gasteiger partial charge in [0, 0.05) is 30.1 Å². The zero-order valence-electron chi connectivity index (χ0n) is 15.6. The van der Waals surface area contributed by atoms with Crippen molar-refractivity contribution in [3.63, 3.8) is 0 Å². The molecule has 1 N–H and O–H groups in total. The van der Waals surface area contributed by atoms with E-state index in [-0.39, 0.29) is 22.8 Å². The van der Waals surface area contributed by atoms with E-state index in [2.05, 4.69) is 16.0 Å². The summed E-state index contributed by atoms with van der Waals surface area (Å²) in [5.74, 6) is 0.360. The van der Waals surface area contributed by atoms with E-state index in [9.17, 15) is 4.79 Å². The number of imidazole rings is 1. The summed E-state index contributed by atoms with van der Waals surface area (Å²) >= 11 is 6.16. The molecule has 7 heteroatoms. The van der Waals surface area contributed by atoms with Gasteiger partial charge in [0.05, 0.1) is 17.3 Å². The molecular weight excluding hydrogens is 386 g/mol. The second-order valence-corrected chi connectivity index (χ2v) is 7.39. The van der Waals surface area contributed by atoms with Gasteiger partial charge in [0.1, 0.15) is 6.07 Å². The van der Waals surface area contributed by atoms with Crippen LogP contribution in [-0.4, -0.2) is 33.9 Å². The van der Waals surface area contributed by atoms with Gasteiger partial charge >= 0.3 is 0 Å². The Labute approximate surface area is 173 Å². The number of nitrogens with zero attached hydrogens (tertiary/aromatic N) is 4. The number of nitriles is 2. The maximum atomic E-state index is 12.9. The van der Waals surface area contributed by atoms with Crippen molar-refractivity contribution < 1.29 is 4.79 Å². The van der Waals surface area contributed by atoms with Crippen LogP contribution in [0.2, 0.25) is 5.15 Å². The average Bonchev–Trinajstić information content (AvgIpc) is 3.08. The van der Waals surface area contributed by atoms with Crippen molar-refractivity contribution in [2.75, 3.05) is 13.1 Å². The van der Waals surface area contributed by atoms with Crippen LogP contribution in [0, 0.1) is 29.6 Å². The third-order valence-electron chi connectivity index (χ3n) is 5.20. The first-order chi connectivity index (χ1) is 14.0. The molecule has 1 aromatic heterocycles. The molecule has 1 saturated heterocycles. The van der Waals surface area contributed by atoms with Crippen LogP contribution in [-0.2, 0) is 0 Å². The first-order valence-electron chi connectivity index (χ1n) is 9.06. The highest BCUT2D eigenvalue weighted by atomic mass is 35.5. The molecule has 142 valence electrons. The minimum absolute atomic E-state index is 0.0488. The Morgan fingerprint density at radius 3 is 2.52 bits per heavy atom. The van der Waals surface area contributed by atoms with Gasteiger partial charge in [-0.25, -0.2) is 4.98 Å². The van der Waals surface area contributed by atoms with Gasteiger partial charge in [-0.2, -0.15) is 10.5 Å². The van der Waals surface area contributed by atoms with Gasteiger partial charge in [-0.3, -0.25) is 4.79 Å². The zero-order chi connectivity index (χ0) is 20.5. The van der Waals surface area contributed by atoms with E-state index in [4.69, 9.17) is 22.1 Å². The Morgan fingerprint density at radius 1 is 1.17 bits per heavy atom. The minimum atomic E-state index is -0.0488. The van der Waals surface area contributed by atoms with Crippen molar-refractivity contribution in [1.82, 2.24) is 14.9 Å². The summed E-state index contributed by atoms with van der Waals surface area (Å²) in [4.78, 5) is 21.6. The summed E-state index contributed by atoms with van der Waals surface area (Å²) in [5.41, 5.74) is 4.54. The third kappa shape index (κ3) is 3.47. The fourth-order valence-corrected chi connectivity index (χ4v) is 3.71. The molecule has 1 aliphatic rings. The van der Waals surface area contributed by atoms with E-state index in [0.717, 1.165) is 16.7 Å². The number of H-pyrrole nitrogens is 1. The van der Waals surface area contributed by atoms with Crippen LogP contribution in [0.25, 0.3) is 11.3 Å². The van der Waals surface area contributed by atoms with Crippen LogP contribution in [0.3, 0.4) is 0 Å². The fourth-order valence-electron chi connectivity index (χ4n) is 3.48. The van der Waals surface area contributed by atoms with Crippen molar-refractivity contribution >= 4 is 17.5 Å². The van der Waals surface area contributed by atoms with E-state index in [1.165, 1.54) is 0 Å². The summed E-state index contributed by atoms with van der Waals surface area (Å²) in [6.07, 6.45) is 0. The number of aryl methyl sites for hydroxylation is 1. The van der Waals surface area contributed by atoms with E-state index in [1.54, 1.807) is 29.2 Å². The van der Waals surface area contributed by atoms with Crippen LogP contribution in [0.1, 0.15) is 38.8 Å². The second kappa shape index (κ2) is 7.43. The molecule has 2 aromatic carbocycles. The number of carbonyl (C=O) groups is 1. The number of hydrogen-bond acceptors (Lipinski definition) is 4. The number of nitrogens with one attached hydrogen (secondary N) is 1. The number of aromatic nitrogens is 2. The Hall–Kier alpha value is -3.61. The number of amides is 1. The number of hydrogen-bond donors (Lipinski definition) is 1. The van der Waals surface area contributed by atoms with Crippen LogP contribution in [0.5, 0.6) is 0 Å². The molecule has 3 aromatic rings. The molecule has 1 fully saturated rings. The first kappa shape index (κ1) is 18.7. The fraction of sp³-hybridized carbons (Fsp3) is 0.182. The van der Waals surface area contributed by atoms with E-state index in [1.807, 2.05) is 31.2 Å². The molecular formula is C22H16ClN5O. The Morgan fingerprint density at radius 2 is 1.90 bits per heavy atom. The zero-order valence-corrected chi connectivity index (χ0v) is 16.4. The molecule has 29 heavy (non-hydrogen) atoms. The molecule has 0 atom stereocenters. The van der Waals surface area contributed by atoms with Crippen molar-refractivity contribution in [2.45, 2.75) is 12.8 Å². The number of rotatable bonds is 3. The lowest BCUT2D eigenvalue weighted by Crippen LogP contribution is -2.48. The maximum absolute atomic E-state index is 12.9. The maximum Gasteiger partial charge on any atom is 0.253 e. The molecule has 0 saturated carbocycles. The topological polar surface area (TPSA) is 96.6 Å². The standard InChI is InChI=1S/C22H16ClN5O/c1-13-2-5-16(8-18(13)20-21(23)27-19(10-25)26-20)22(29)28-11-17(12-28)15-6-3-14(9-24)4-7-15/h2-8,17H,11-12H2,1H3,(H,26,27). The normalized spacial score (nSPS) is 13.4. The SMILES string of the molecule is Cc1ccc(C(=O)N2CC(c3ccc(C#N)cc3)C2)cc1-c1[nH]c(C#N)nc1Cl. The molecule has 0 aliphatic carbocycles. The molecule has 1 aliphatic heterocycles. The van der Waals surface area contributed by atoms with Crippen LogP contribution in [0.4, 0.5) is 0 Å². The monoisotopic (exact) mass is 401 g/mol. The second-order valence-electron chi connectivity index (χ2n) is 7.03. The molecule has 6 nitrogen and oxygen atoms in total. The summed E-state index contributed by atoms with van der Waals surface area (Å²) in [7, 11) is 0. The number of likely N-dealkylation sites (tertiary alicyclic amines) is 1. The van der Waals surface area contributed by atoms with Crippen LogP contribution >= 0.6 is 11.6 Å². The molecule has 0 bridgehead atoms. The molecule has 0 unspecified atom stereocenters. The number of halogens is 1. The number of aromatic amines is 1. The summed E-state index contributed by atoms with van der Waals surface area (Å²) in [5, 5.41) is 18.1.